The van der Waals surface area contributed by atoms with Crippen LogP contribution in [0.5, 0.6) is 17.2 Å². The molecule has 31 heavy (non-hydrogen) atoms. The Balaban J connectivity index is 1.41. The standard InChI is InChI=1S/C25H26N2O4/c1-17-15-18(22(30-3)16-21(17)29-2)24(28)26-13-10-25(11-14-26)23-9-6-12-27(23)19-7-4-5-8-20(19)31-25/h4-9,12,15-16H,10-11,13-14H2,1-3H3. The molecule has 0 radical (unpaired) electrons. The van der Waals surface area contributed by atoms with Crippen molar-refractivity contribution in [1.29, 1.82) is 0 Å². The van der Waals surface area contributed by atoms with Crippen LogP contribution in [0.3, 0.4) is 0 Å². The van der Waals surface area contributed by atoms with Gasteiger partial charge in [0.25, 0.3) is 5.91 Å². The number of hydrogen-bond acceptors (Lipinski definition) is 4. The molecule has 6 heteroatoms. The Bertz CT molecular complexity index is 1140. The number of aromatic nitrogens is 1. The van der Waals surface area contributed by atoms with Crippen molar-refractivity contribution in [3.05, 3.63) is 71.5 Å². The molecule has 1 fully saturated rings. The monoisotopic (exact) mass is 418 g/mol. The van der Waals surface area contributed by atoms with Crippen molar-refractivity contribution in [3.63, 3.8) is 0 Å². The van der Waals surface area contributed by atoms with E-state index >= 15 is 0 Å². The highest BCUT2D eigenvalue weighted by Crippen LogP contribution is 2.45. The maximum Gasteiger partial charge on any atom is 0.257 e. The highest BCUT2D eigenvalue weighted by atomic mass is 16.5. The molecule has 160 valence electrons. The quantitative estimate of drug-likeness (QED) is 0.635. The van der Waals surface area contributed by atoms with Crippen LogP contribution >= 0.6 is 0 Å². The van der Waals surface area contributed by atoms with Crippen molar-refractivity contribution in [1.82, 2.24) is 9.47 Å². The van der Waals surface area contributed by atoms with E-state index in [1.807, 2.05) is 36.1 Å². The average Bonchev–Trinajstić information content (AvgIpc) is 3.30. The Morgan fingerprint density at radius 3 is 2.48 bits per heavy atom. The first-order valence-electron chi connectivity index (χ1n) is 10.5. The van der Waals surface area contributed by atoms with Crippen LogP contribution < -0.4 is 14.2 Å². The molecular formula is C25H26N2O4. The fourth-order valence-electron chi connectivity index (χ4n) is 4.79. The van der Waals surface area contributed by atoms with Crippen molar-refractivity contribution in [3.8, 4) is 22.9 Å². The lowest BCUT2D eigenvalue weighted by molar-refractivity contribution is -0.00937. The summed E-state index contributed by atoms with van der Waals surface area (Å²) in [5.41, 5.74) is 3.26. The molecule has 5 rings (SSSR count). The topological polar surface area (TPSA) is 52.9 Å². The van der Waals surface area contributed by atoms with Crippen LogP contribution in [0.15, 0.2) is 54.7 Å². The first kappa shape index (κ1) is 19.5. The Labute approximate surface area is 181 Å². The number of rotatable bonds is 3. The SMILES string of the molecule is COc1cc(OC)c(C(=O)N2CCC3(CC2)Oc2ccccc2-n2cccc23)cc1C. The van der Waals surface area contributed by atoms with Crippen LogP contribution in [0.4, 0.5) is 0 Å². The summed E-state index contributed by atoms with van der Waals surface area (Å²) in [6, 6.07) is 15.9. The summed E-state index contributed by atoms with van der Waals surface area (Å²) in [4.78, 5) is 15.3. The summed E-state index contributed by atoms with van der Waals surface area (Å²) in [6.07, 6.45) is 3.55. The number of para-hydroxylation sites is 2. The number of ether oxygens (including phenoxy) is 3. The second-order valence-corrected chi connectivity index (χ2v) is 8.14. The number of likely N-dealkylation sites (tertiary alicyclic amines) is 1. The Hall–Kier alpha value is -3.41. The summed E-state index contributed by atoms with van der Waals surface area (Å²) >= 11 is 0. The molecule has 2 aromatic carbocycles. The van der Waals surface area contributed by atoms with Gasteiger partial charge in [0, 0.05) is 38.2 Å². The van der Waals surface area contributed by atoms with E-state index in [0.29, 0.717) is 30.2 Å². The highest BCUT2D eigenvalue weighted by molar-refractivity contribution is 5.97. The molecule has 2 aliphatic rings. The van der Waals surface area contributed by atoms with Gasteiger partial charge >= 0.3 is 0 Å². The molecule has 1 aromatic heterocycles. The summed E-state index contributed by atoms with van der Waals surface area (Å²) < 4.78 is 19.6. The Kier molecular flexibility index (Phi) is 4.65. The number of carbonyl (C=O) groups is 1. The number of hydrogen-bond donors (Lipinski definition) is 0. The molecule has 2 aliphatic heterocycles. The smallest absolute Gasteiger partial charge is 0.257 e. The van der Waals surface area contributed by atoms with E-state index in [4.69, 9.17) is 14.2 Å². The van der Waals surface area contributed by atoms with Gasteiger partial charge in [-0.25, -0.2) is 0 Å². The fourth-order valence-corrected chi connectivity index (χ4v) is 4.79. The van der Waals surface area contributed by atoms with Gasteiger partial charge in [-0.3, -0.25) is 4.79 Å². The third-order valence-corrected chi connectivity index (χ3v) is 6.45. The minimum atomic E-state index is -0.422. The molecule has 3 heterocycles. The predicted molar refractivity (Wildman–Crippen MR) is 117 cm³/mol. The van der Waals surface area contributed by atoms with E-state index < -0.39 is 5.60 Å². The van der Waals surface area contributed by atoms with Crippen molar-refractivity contribution in [2.24, 2.45) is 0 Å². The minimum Gasteiger partial charge on any atom is -0.496 e. The van der Waals surface area contributed by atoms with Crippen LogP contribution in [0.2, 0.25) is 0 Å². The van der Waals surface area contributed by atoms with Crippen molar-refractivity contribution >= 4 is 5.91 Å². The van der Waals surface area contributed by atoms with Gasteiger partial charge < -0.3 is 23.7 Å². The number of carbonyl (C=O) groups excluding carboxylic acids is 1. The van der Waals surface area contributed by atoms with Gasteiger partial charge in [-0.15, -0.1) is 0 Å². The largest absolute Gasteiger partial charge is 0.496 e. The lowest BCUT2D eigenvalue weighted by atomic mass is 9.86. The van der Waals surface area contributed by atoms with Crippen LogP contribution in [-0.4, -0.2) is 42.7 Å². The molecule has 0 atom stereocenters. The van der Waals surface area contributed by atoms with Gasteiger partial charge in [-0.1, -0.05) is 12.1 Å². The van der Waals surface area contributed by atoms with Gasteiger partial charge in [0.05, 0.1) is 31.2 Å². The molecule has 0 saturated carbocycles. The normalized spacial score (nSPS) is 16.3. The molecular weight excluding hydrogens is 392 g/mol. The van der Waals surface area contributed by atoms with Crippen LogP contribution in [0, 0.1) is 6.92 Å². The van der Waals surface area contributed by atoms with Gasteiger partial charge in [0.15, 0.2) is 5.60 Å². The summed E-state index contributed by atoms with van der Waals surface area (Å²) in [5.74, 6) is 2.10. The van der Waals surface area contributed by atoms with Gasteiger partial charge in [-0.2, -0.15) is 0 Å². The van der Waals surface area contributed by atoms with E-state index in [2.05, 4.69) is 29.0 Å². The first-order chi connectivity index (χ1) is 15.1. The van der Waals surface area contributed by atoms with Crippen molar-refractivity contribution in [2.45, 2.75) is 25.4 Å². The summed E-state index contributed by atoms with van der Waals surface area (Å²) in [7, 11) is 3.19. The van der Waals surface area contributed by atoms with Gasteiger partial charge in [0.2, 0.25) is 0 Å². The van der Waals surface area contributed by atoms with Crippen LogP contribution in [0.1, 0.15) is 34.5 Å². The van der Waals surface area contributed by atoms with E-state index in [1.165, 1.54) is 0 Å². The predicted octanol–water partition coefficient (Wildman–Crippen LogP) is 4.33. The van der Waals surface area contributed by atoms with Crippen molar-refractivity contribution < 1.29 is 19.0 Å². The number of benzene rings is 2. The third-order valence-electron chi connectivity index (χ3n) is 6.45. The zero-order valence-electron chi connectivity index (χ0n) is 18.1. The second kappa shape index (κ2) is 7.38. The lowest BCUT2D eigenvalue weighted by Crippen LogP contribution is -2.50. The van der Waals surface area contributed by atoms with E-state index in [0.717, 1.165) is 35.5 Å². The zero-order valence-corrected chi connectivity index (χ0v) is 18.1. The fraction of sp³-hybridized carbons (Fsp3) is 0.320. The maximum atomic E-state index is 13.4. The van der Waals surface area contributed by atoms with E-state index in [9.17, 15) is 4.79 Å². The summed E-state index contributed by atoms with van der Waals surface area (Å²) in [5, 5.41) is 0. The first-order valence-corrected chi connectivity index (χ1v) is 10.5. The Morgan fingerprint density at radius 2 is 1.74 bits per heavy atom. The highest BCUT2D eigenvalue weighted by Gasteiger charge is 2.44. The molecule has 0 aliphatic carbocycles. The summed E-state index contributed by atoms with van der Waals surface area (Å²) in [6.45, 7) is 3.16. The lowest BCUT2D eigenvalue weighted by Gasteiger charge is -2.45. The molecule has 1 amide bonds. The second-order valence-electron chi connectivity index (χ2n) is 8.14. The number of nitrogens with zero attached hydrogens (tertiary/aromatic N) is 2. The van der Waals surface area contributed by atoms with Gasteiger partial charge in [-0.05, 0) is 42.8 Å². The Morgan fingerprint density at radius 1 is 1.00 bits per heavy atom. The maximum absolute atomic E-state index is 13.4. The number of amides is 1. The zero-order chi connectivity index (χ0) is 21.6. The molecule has 6 nitrogen and oxygen atoms in total. The van der Waals surface area contributed by atoms with Gasteiger partial charge in [0.1, 0.15) is 17.2 Å². The van der Waals surface area contributed by atoms with E-state index in [1.54, 1.807) is 20.3 Å². The number of methoxy groups -OCH3 is 2. The number of piperidine rings is 1. The molecule has 1 spiro atoms. The molecule has 0 unspecified atom stereocenters. The van der Waals surface area contributed by atoms with Crippen LogP contribution in [-0.2, 0) is 5.60 Å². The third kappa shape index (κ3) is 3.05. The molecule has 0 bridgehead atoms. The molecule has 1 saturated heterocycles. The van der Waals surface area contributed by atoms with Crippen molar-refractivity contribution in [2.75, 3.05) is 27.3 Å². The number of aryl methyl sites for hydroxylation is 1. The number of fused-ring (bicyclic) bond motifs is 4. The average molecular weight is 418 g/mol. The van der Waals surface area contributed by atoms with Crippen LogP contribution in [0.25, 0.3) is 5.69 Å². The van der Waals surface area contributed by atoms with E-state index in [-0.39, 0.29) is 5.91 Å². The molecule has 0 N–H and O–H groups in total. The minimum absolute atomic E-state index is 0.0240. The molecule has 3 aromatic rings.